The summed E-state index contributed by atoms with van der Waals surface area (Å²) in [5.41, 5.74) is 2.73. The van der Waals surface area contributed by atoms with Crippen molar-refractivity contribution in [3.05, 3.63) is 35.4 Å². The van der Waals surface area contributed by atoms with E-state index in [0.29, 0.717) is 5.91 Å². The normalized spacial score (nSPS) is 26.9. The molecule has 0 radical (unpaired) electrons. The van der Waals surface area contributed by atoms with Crippen LogP contribution in [0.25, 0.3) is 0 Å². The summed E-state index contributed by atoms with van der Waals surface area (Å²) in [5.74, 6) is 0.524. The molecule has 1 fully saturated rings. The van der Waals surface area contributed by atoms with Gasteiger partial charge in [-0.25, -0.2) is 0 Å². The molecule has 2 aliphatic rings. The number of benzene rings is 1. The van der Waals surface area contributed by atoms with Crippen LogP contribution in [-0.4, -0.2) is 30.4 Å². The minimum Gasteiger partial charge on any atom is -0.335 e. The van der Waals surface area contributed by atoms with E-state index in [9.17, 15) is 4.79 Å². The van der Waals surface area contributed by atoms with Gasteiger partial charge in [0.05, 0.1) is 12.0 Å². The molecule has 2 heterocycles. The van der Waals surface area contributed by atoms with Crippen molar-refractivity contribution in [3.63, 3.8) is 0 Å². The fourth-order valence-corrected chi connectivity index (χ4v) is 3.37. The van der Waals surface area contributed by atoms with Crippen LogP contribution in [0.15, 0.2) is 24.3 Å². The zero-order chi connectivity index (χ0) is 13.2. The second-order valence-corrected chi connectivity index (χ2v) is 5.70. The Kier molecular flexibility index (Phi) is 3.56. The molecule has 1 N–H and O–H groups in total. The van der Waals surface area contributed by atoms with E-state index in [-0.39, 0.29) is 12.0 Å². The summed E-state index contributed by atoms with van der Waals surface area (Å²) in [6.07, 6.45) is 3.15. The van der Waals surface area contributed by atoms with Crippen LogP contribution >= 0.6 is 0 Å². The van der Waals surface area contributed by atoms with Gasteiger partial charge in [-0.05, 0) is 43.9 Å². The van der Waals surface area contributed by atoms with Crippen LogP contribution in [-0.2, 0) is 11.2 Å². The predicted molar refractivity (Wildman–Crippen MR) is 75.9 cm³/mol. The Morgan fingerprint density at radius 2 is 2.21 bits per heavy atom. The number of carbonyl (C=O) groups is 1. The number of carbonyl (C=O) groups excluding carboxylic acids is 1. The summed E-state index contributed by atoms with van der Waals surface area (Å²) in [6.45, 7) is 4.94. The second kappa shape index (κ2) is 5.33. The minimum atomic E-state index is 0.182. The minimum absolute atomic E-state index is 0.182. The van der Waals surface area contributed by atoms with Crippen LogP contribution in [0.2, 0.25) is 0 Å². The number of amides is 1. The van der Waals surface area contributed by atoms with Gasteiger partial charge < -0.3 is 10.2 Å². The van der Waals surface area contributed by atoms with Gasteiger partial charge in [0.2, 0.25) is 5.91 Å². The molecule has 0 saturated carbocycles. The molecule has 2 atom stereocenters. The van der Waals surface area contributed by atoms with Gasteiger partial charge in [0.15, 0.2) is 0 Å². The maximum atomic E-state index is 12.7. The highest BCUT2D eigenvalue weighted by molar-refractivity contribution is 5.80. The van der Waals surface area contributed by atoms with Crippen LogP contribution in [0.3, 0.4) is 0 Å². The number of nitrogens with zero attached hydrogens (tertiary/aromatic N) is 1. The Labute approximate surface area is 115 Å². The first-order valence-electron chi connectivity index (χ1n) is 7.36. The van der Waals surface area contributed by atoms with Crippen molar-refractivity contribution < 1.29 is 4.79 Å². The summed E-state index contributed by atoms with van der Waals surface area (Å²) in [5, 5.41) is 3.34. The third kappa shape index (κ3) is 2.39. The highest BCUT2D eigenvalue weighted by Crippen LogP contribution is 2.31. The van der Waals surface area contributed by atoms with E-state index >= 15 is 0 Å². The third-order valence-electron chi connectivity index (χ3n) is 4.52. The van der Waals surface area contributed by atoms with Gasteiger partial charge in [-0.15, -0.1) is 0 Å². The Morgan fingerprint density at radius 1 is 1.37 bits per heavy atom. The summed E-state index contributed by atoms with van der Waals surface area (Å²) in [4.78, 5) is 14.7. The van der Waals surface area contributed by atoms with Crippen LogP contribution in [0.4, 0.5) is 0 Å². The predicted octanol–water partition coefficient (Wildman–Crippen LogP) is 2.13. The summed E-state index contributed by atoms with van der Waals surface area (Å²) < 4.78 is 0. The Morgan fingerprint density at radius 3 is 3.00 bits per heavy atom. The van der Waals surface area contributed by atoms with E-state index in [1.54, 1.807) is 0 Å². The second-order valence-electron chi connectivity index (χ2n) is 5.70. The molecule has 3 heteroatoms. The van der Waals surface area contributed by atoms with Crippen LogP contribution in [0, 0.1) is 5.92 Å². The molecular weight excluding hydrogens is 236 g/mol. The average molecular weight is 258 g/mol. The molecular formula is C16H22N2O. The number of hydrogen-bond acceptors (Lipinski definition) is 2. The average Bonchev–Trinajstić information content (AvgIpc) is 2.48. The molecule has 3 rings (SSSR count). The molecule has 1 aromatic carbocycles. The fraction of sp³-hybridized carbons (Fsp3) is 0.562. The Balaban J connectivity index is 1.77. The maximum absolute atomic E-state index is 12.7. The van der Waals surface area contributed by atoms with E-state index in [1.807, 2.05) is 0 Å². The first kappa shape index (κ1) is 12.7. The molecule has 0 aliphatic carbocycles. The number of piperidine rings is 1. The quantitative estimate of drug-likeness (QED) is 0.837. The first-order valence-corrected chi connectivity index (χ1v) is 7.36. The van der Waals surface area contributed by atoms with Gasteiger partial charge in [0.1, 0.15) is 0 Å². The van der Waals surface area contributed by atoms with Crippen molar-refractivity contribution in [2.24, 2.45) is 5.92 Å². The highest BCUT2D eigenvalue weighted by atomic mass is 16.2. The van der Waals surface area contributed by atoms with Gasteiger partial charge in [0.25, 0.3) is 0 Å². The largest absolute Gasteiger partial charge is 0.335 e. The monoisotopic (exact) mass is 258 g/mol. The lowest BCUT2D eigenvalue weighted by Gasteiger charge is -2.38. The van der Waals surface area contributed by atoms with Crippen molar-refractivity contribution in [2.75, 3.05) is 19.6 Å². The molecule has 2 aliphatic heterocycles. The van der Waals surface area contributed by atoms with Gasteiger partial charge in [-0.1, -0.05) is 24.3 Å². The van der Waals surface area contributed by atoms with Gasteiger partial charge in [-0.2, -0.15) is 0 Å². The van der Waals surface area contributed by atoms with Crippen molar-refractivity contribution >= 4 is 5.91 Å². The molecule has 19 heavy (non-hydrogen) atoms. The molecule has 1 amide bonds. The van der Waals surface area contributed by atoms with Gasteiger partial charge in [0, 0.05) is 13.1 Å². The molecule has 1 aromatic rings. The zero-order valence-corrected chi connectivity index (χ0v) is 11.6. The number of hydrogen-bond donors (Lipinski definition) is 1. The molecule has 0 bridgehead atoms. The number of rotatable bonds is 1. The first-order chi connectivity index (χ1) is 9.27. The summed E-state index contributed by atoms with van der Waals surface area (Å²) in [6, 6.07) is 8.74. The lowest BCUT2D eigenvalue weighted by atomic mass is 9.91. The lowest BCUT2D eigenvalue weighted by molar-refractivity contribution is -0.138. The SMILES string of the molecule is CC1c2ccccc2CCN1C(=O)C1CCCNC1. The zero-order valence-electron chi connectivity index (χ0n) is 11.6. The Bertz CT molecular complexity index is 466. The van der Waals surface area contributed by atoms with E-state index in [1.165, 1.54) is 11.1 Å². The lowest BCUT2D eigenvalue weighted by Crippen LogP contribution is -2.46. The van der Waals surface area contributed by atoms with Gasteiger partial charge >= 0.3 is 0 Å². The molecule has 3 nitrogen and oxygen atoms in total. The van der Waals surface area contributed by atoms with Crippen molar-refractivity contribution in [2.45, 2.75) is 32.2 Å². The topological polar surface area (TPSA) is 32.3 Å². The van der Waals surface area contributed by atoms with E-state index in [0.717, 1.165) is 38.9 Å². The maximum Gasteiger partial charge on any atom is 0.227 e. The van der Waals surface area contributed by atoms with Crippen LogP contribution in [0.1, 0.15) is 36.9 Å². The van der Waals surface area contributed by atoms with E-state index in [4.69, 9.17) is 0 Å². The van der Waals surface area contributed by atoms with Crippen LogP contribution in [0.5, 0.6) is 0 Å². The van der Waals surface area contributed by atoms with Crippen molar-refractivity contribution in [1.82, 2.24) is 10.2 Å². The molecule has 1 saturated heterocycles. The highest BCUT2D eigenvalue weighted by Gasteiger charge is 2.32. The van der Waals surface area contributed by atoms with Gasteiger partial charge in [-0.3, -0.25) is 4.79 Å². The van der Waals surface area contributed by atoms with Crippen LogP contribution < -0.4 is 5.32 Å². The van der Waals surface area contributed by atoms with E-state index in [2.05, 4.69) is 41.4 Å². The summed E-state index contributed by atoms with van der Waals surface area (Å²) >= 11 is 0. The smallest absolute Gasteiger partial charge is 0.227 e. The number of fused-ring (bicyclic) bond motifs is 1. The van der Waals surface area contributed by atoms with E-state index < -0.39 is 0 Å². The van der Waals surface area contributed by atoms with Crippen molar-refractivity contribution in [3.8, 4) is 0 Å². The number of nitrogens with one attached hydrogen (secondary N) is 1. The third-order valence-corrected chi connectivity index (χ3v) is 4.52. The molecule has 0 spiro atoms. The molecule has 0 aromatic heterocycles. The Hall–Kier alpha value is -1.35. The standard InChI is InChI=1S/C16H22N2O/c1-12-15-7-3-2-5-13(15)8-10-18(12)16(19)14-6-4-9-17-11-14/h2-3,5,7,12,14,17H,4,6,8-11H2,1H3. The molecule has 102 valence electrons. The summed E-state index contributed by atoms with van der Waals surface area (Å²) in [7, 11) is 0. The molecule has 2 unspecified atom stereocenters. The fourth-order valence-electron chi connectivity index (χ4n) is 3.37. The van der Waals surface area contributed by atoms with Crippen molar-refractivity contribution in [1.29, 1.82) is 0 Å².